The second-order valence-electron chi connectivity index (χ2n) is 4.70. The van der Waals surface area contributed by atoms with E-state index in [1.165, 1.54) is 18.2 Å². The van der Waals surface area contributed by atoms with Crippen LogP contribution in [-0.4, -0.2) is 25.1 Å². The van der Waals surface area contributed by atoms with Gasteiger partial charge in [-0.25, -0.2) is 14.2 Å². The smallest absolute Gasteiger partial charge is 0.319 e. The molecule has 6 heteroatoms. The van der Waals surface area contributed by atoms with E-state index < -0.39 is 11.8 Å². The highest BCUT2D eigenvalue weighted by molar-refractivity contribution is 5.89. The molecule has 0 saturated carbocycles. The Morgan fingerprint density at radius 2 is 2.10 bits per heavy atom. The molecular formula is C15H17FN4O. The van der Waals surface area contributed by atoms with Crippen molar-refractivity contribution < 1.29 is 9.18 Å². The lowest BCUT2D eigenvalue weighted by molar-refractivity contribution is 0.251. The van der Waals surface area contributed by atoms with Gasteiger partial charge in [-0.2, -0.15) is 0 Å². The van der Waals surface area contributed by atoms with Crippen molar-refractivity contribution in [2.24, 2.45) is 0 Å². The fourth-order valence-electron chi connectivity index (χ4n) is 1.89. The van der Waals surface area contributed by atoms with Crippen molar-refractivity contribution in [1.29, 1.82) is 0 Å². The van der Waals surface area contributed by atoms with Gasteiger partial charge in [-0.05, 0) is 24.3 Å². The summed E-state index contributed by atoms with van der Waals surface area (Å²) in [5, 5.41) is 5.30. The molecule has 1 aromatic heterocycles. The maximum absolute atomic E-state index is 13.0. The molecule has 2 N–H and O–H groups in total. The fourth-order valence-corrected chi connectivity index (χ4v) is 1.89. The number of carbonyl (C=O) groups is 1. The first-order valence-corrected chi connectivity index (χ1v) is 6.48. The van der Waals surface area contributed by atoms with Crippen LogP contribution in [-0.2, 0) is 6.54 Å². The van der Waals surface area contributed by atoms with Gasteiger partial charge in [-0.1, -0.05) is 12.1 Å². The lowest BCUT2D eigenvalue weighted by Gasteiger charge is -2.16. The summed E-state index contributed by atoms with van der Waals surface area (Å²) in [6.07, 6.45) is 1.70. The van der Waals surface area contributed by atoms with E-state index in [-0.39, 0.29) is 0 Å². The number of rotatable bonds is 4. The molecule has 110 valence electrons. The van der Waals surface area contributed by atoms with Gasteiger partial charge in [-0.15, -0.1) is 0 Å². The molecule has 0 aliphatic rings. The lowest BCUT2D eigenvalue weighted by atomic mass is 10.2. The number of carbonyl (C=O) groups excluding carboxylic acids is 1. The molecule has 0 unspecified atom stereocenters. The highest BCUT2D eigenvalue weighted by Gasteiger charge is 2.07. The fraction of sp³-hybridized carbons (Fsp3) is 0.200. The Morgan fingerprint density at radius 1 is 1.29 bits per heavy atom. The molecule has 5 nitrogen and oxygen atoms in total. The van der Waals surface area contributed by atoms with Gasteiger partial charge in [0.05, 0.1) is 0 Å². The van der Waals surface area contributed by atoms with Crippen LogP contribution in [0.1, 0.15) is 5.56 Å². The molecule has 0 spiro atoms. The van der Waals surface area contributed by atoms with Gasteiger partial charge in [0.2, 0.25) is 0 Å². The number of benzene rings is 1. The van der Waals surface area contributed by atoms with Gasteiger partial charge in [0.15, 0.2) is 0 Å². The number of halogens is 1. The predicted octanol–water partition coefficient (Wildman–Crippen LogP) is 2.61. The molecule has 0 radical (unpaired) electrons. The van der Waals surface area contributed by atoms with Crippen molar-refractivity contribution in [1.82, 2.24) is 10.3 Å². The summed E-state index contributed by atoms with van der Waals surface area (Å²) in [5.74, 6) is 0.401. The molecule has 2 amide bonds. The Balaban J connectivity index is 1.95. The first-order valence-electron chi connectivity index (χ1n) is 6.48. The monoisotopic (exact) mass is 288 g/mol. The van der Waals surface area contributed by atoms with Gasteiger partial charge >= 0.3 is 6.03 Å². The minimum absolute atomic E-state index is 0.336. The van der Waals surface area contributed by atoms with Crippen molar-refractivity contribution in [2.45, 2.75) is 6.54 Å². The van der Waals surface area contributed by atoms with Crippen LogP contribution >= 0.6 is 0 Å². The van der Waals surface area contributed by atoms with Crippen LogP contribution in [0, 0.1) is 5.82 Å². The third-order valence-electron chi connectivity index (χ3n) is 2.81. The molecule has 0 aliphatic carbocycles. The molecule has 21 heavy (non-hydrogen) atoms. The average Bonchev–Trinajstić information content (AvgIpc) is 2.45. The van der Waals surface area contributed by atoms with E-state index in [1.807, 2.05) is 31.1 Å². The average molecular weight is 288 g/mol. The largest absolute Gasteiger partial charge is 0.362 e. The third-order valence-corrected chi connectivity index (χ3v) is 2.81. The van der Waals surface area contributed by atoms with Crippen LogP contribution in [0.2, 0.25) is 0 Å². The summed E-state index contributed by atoms with van der Waals surface area (Å²) in [5.41, 5.74) is 1.31. The van der Waals surface area contributed by atoms with E-state index in [9.17, 15) is 9.18 Å². The highest BCUT2D eigenvalue weighted by atomic mass is 19.1. The molecular weight excluding hydrogens is 271 g/mol. The minimum Gasteiger partial charge on any atom is -0.362 e. The number of hydrogen-bond donors (Lipinski definition) is 2. The zero-order valence-corrected chi connectivity index (χ0v) is 11.9. The maximum atomic E-state index is 13.0. The number of aromatic nitrogens is 1. The summed E-state index contributed by atoms with van der Waals surface area (Å²) in [4.78, 5) is 17.9. The minimum atomic E-state index is -0.394. The lowest BCUT2D eigenvalue weighted by Crippen LogP contribution is -2.29. The van der Waals surface area contributed by atoms with Gasteiger partial charge in [0.1, 0.15) is 11.6 Å². The Bertz CT molecular complexity index is 631. The van der Waals surface area contributed by atoms with Crippen LogP contribution in [0.4, 0.5) is 20.7 Å². The number of nitrogens with one attached hydrogen (secondary N) is 2. The van der Waals surface area contributed by atoms with Crippen LogP contribution < -0.4 is 15.5 Å². The normalized spacial score (nSPS) is 10.0. The molecule has 0 bridgehead atoms. The van der Waals surface area contributed by atoms with Crippen LogP contribution in [0.3, 0.4) is 0 Å². The number of hydrogen-bond acceptors (Lipinski definition) is 3. The van der Waals surface area contributed by atoms with Gasteiger partial charge in [0.25, 0.3) is 0 Å². The van der Waals surface area contributed by atoms with Gasteiger partial charge in [-0.3, -0.25) is 0 Å². The molecule has 0 atom stereocenters. The standard InChI is InChI=1S/C15H17FN4O/c1-20(2)14-11(5-4-8-17-14)10-18-15(21)19-13-7-3-6-12(16)9-13/h3-9H,10H2,1-2H3,(H2,18,19,21). The second kappa shape index (κ2) is 6.69. The van der Waals surface area contributed by atoms with Crippen LogP contribution in [0.5, 0.6) is 0 Å². The Morgan fingerprint density at radius 3 is 2.81 bits per heavy atom. The molecule has 1 aromatic carbocycles. The van der Waals surface area contributed by atoms with Crippen molar-refractivity contribution in [3.8, 4) is 0 Å². The predicted molar refractivity (Wildman–Crippen MR) is 80.8 cm³/mol. The van der Waals surface area contributed by atoms with Gasteiger partial charge < -0.3 is 15.5 Å². The summed E-state index contributed by atoms with van der Waals surface area (Å²) in [6.45, 7) is 0.336. The molecule has 1 heterocycles. The third kappa shape index (κ3) is 4.17. The SMILES string of the molecule is CN(C)c1ncccc1CNC(=O)Nc1cccc(F)c1. The van der Waals surface area contributed by atoms with E-state index in [0.29, 0.717) is 12.2 Å². The van der Waals surface area contributed by atoms with Crippen LogP contribution in [0.25, 0.3) is 0 Å². The van der Waals surface area contributed by atoms with Crippen molar-refractivity contribution in [2.75, 3.05) is 24.3 Å². The quantitative estimate of drug-likeness (QED) is 0.909. The maximum Gasteiger partial charge on any atom is 0.319 e. The first kappa shape index (κ1) is 14.8. The van der Waals surface area contributed by atoms with E-state index in [1.54, 1.807) is 12.3 Å². The van der Waals surface area contributed by atoms with Crippen LogP contribution in [0.15, 0.2) is 42.6 Å². The molecule has 0 saturated heterocycles. The summed E-state index contributed by atoms with van der Waals surface area (Å²) in [7, 11) is 3.78. The summed E-state index contributed by atoms with van der Waals surface area (Å²) < 4.78 is 13.0. The van der Waals surface area contributed by atoms with E-state index in [4.69, 9.17) is 0 Å². The number of amides is 2. The van der Waals surface area contributed by atoms with E-state index in [0.717, 1.165) is 11.4 Å². The highest BCUT2D eigenvalue weighted by Crippen LogP contribution is 2.14. The molecule has 2 aromatic rings. The molecule has 0 fully saturated rings. The first-order chi connectivity index (χ1) is 10.1. The summed E-state index contributed by atoms with van der Waals surface area (Å²) in [6, 6.07) is 9.05. The van der Waals surface area contributed by atoms with E-state index in [2.05, 4.69) is 15.6 Å². The zero-order valence-electron chi connectivity index (χ0n) is 11.9. The molecule has 2 rings (SSSR count). The van der Waals surface area contributed by atoms with Crippen molar-refractivity contribution in [3.63, 3.8) is 0 Å². The number of nitrogens with zero attached hydrogens (tertiary/aromatic N) is 2. The Labute approximate surface area is 122 Å². The number of urea groups is 1. The van der Waals surface area contributed by atoms with E-state index >= 15 is 0 Å². The molecule has 0 aliphatic heterocycles. The number of pyridine rings is 1. The van der Waals surface area contributed by atoms with Crippen molar-refractivity contribution in [3.05, 3.63) is 54.0 Å². The number of anilines is 2. The Kier molecular flexibility index (Phi) is 4.71. The van der Waals surface area contributed by atoms with Crippen molar-refractivity contribution >= 4 is 17.5 Å². The Hall–Kier alpha value is -2.63. The zero-order chi connectivity index (χ0) is 15.2. The second-order valence-corrected chi connectivity index (χ2v) is 4.70. The summed E-state index contributed by atoms with van der Waals surface area (Å²) >= 11 is 0. The van der Waals surface area contributed by atoms with Gasteiger partial charge in [0, 0.05) is 38.1 Å². The topological polar surface area (TPSA) is 57.3 Å².